The van der Waals surface area contributed by atoms with Crippen LogP contribution in [0.5, 0.6) is 5.75 Å². The largest absolute Gasteiger partial charge is 0.495 e. The molecule has 2 rings (SSSR count). The van der Waals surface area contributed by atoms with Crippen LogP contribution in [0.2, 0.25) is 0 Å². The monoisotopic (exact) mass is 326 g/mol. The van der Waals surface area contributed by atoms with Crippen molar-refractivity contribution in [2.24, 2.45) is 0 Å². The second-order valence-corrected chi connectivity index (χ2v) is 6.80. The van der Waals surface area contributed by atoms with E-state index in [9.17, 15) is 0 Å². The first-order chi connectivity index (χ1) is 8.93. The van der Waals surface area contributed by atoms with Crippen LogP contribution in [0.4, 0.5) is 5.69 Å². The summed E-state index contributed by atoms with van der Waals surface area (Å²) < 4.78 is 6.57. The highest BCUT2D eigenvalue weighted by Gasteiger charge is 2.30. The topological polar surface area (TPSA) is 24.5 Å². The van der Waals surface area contributed by atoms with Gasteiger partial charge in [0.1, 0.15) is 5.75 Å². The first kappa shape index (κ1) is 14.7. The third-order valence-electron chi connectivity index (χ3n) is 3.90. The van der Waals surface area contributed by atoms with Crippen LogP contribution in [0.15, 0.2) is 22.7 Å². The summed E-state index contributed by atoms with van der Waals surface area (Å²) in [5, 5.41) is 3.57. The Bertz CT molecular complexity index is 448. The molecule has 0 amide bonds. The lowest BCUT2D eigenvalue weighted by Crippen LogP contribution is -2.52. The summed E-state index contributed by atoms with van der Waals surface area (Å²) >= 11 is 3.55. The van der Waals surface area contributed by atoms with Crippen molar-refractivity contribution >= 4 is 21.6 Å². The normalized spacial score (nSPS) is 22.1. The number of halogens is 1. The van der Waals surface area contributed by atoms with Crippen LogP contribution in [-0.2, 0) is 0 Å². The lowest BCUT2D eigenvalue weighted by Gasteiger charge is -2.41. The van der Waals surface area contributed by atoms with E-state index < -0.39 is 0 Å². The van der Waals surface area contributed by atoms with Gasteiger partial charge in [0.2, 0.25) is 0 Å². The van der Waals surface area contributed by atoms with Gasteiger partial charge in [0.25, 0.3) is 0 Å². The molecule has 0 bridgehead atoms. The molecule has 1 heterocycles. The zero-order chi connectivity index (χ0) is 14.0. The fraction of sp³-hybridized carbons (Fsp3) is 0.600. The van der Waals surface area contributed by atoms with E-state index in [1.54, 1.807) is 7.11 Å². The second kappa shape index (κ2) is 5.71. The minimum Gasteiger partial charge on any atom is -0.495 e. The molecule has 0 radical (unpaired) electrons. The number of hydrogen-bond acceptors (Lipinski definition) is 3. The molecule has 1 aliphatic rings. The predicted octanol–water partition coefficient (Wildman–Crippen LogP) is 3.42. The van der Waals surface area contributed by atoms with Gasteiger partial charge in [0.05, 0.1) is 12.8 Å². The first-order valence-corrected chi connectivity index (χ1v) is 7.54. The van der Waals surface area contributed by atoms with Gasteiger partial charge in [0, 0.05) is 23.1 Å². The molecule has 1 aliphatic heterocycles. The number of rotatable bonds is 3. The van der Waals surface area contributed by atoms with Crippen LogP contribution < -0.4 is 15.0 Å². The molecule has 1 unspecified atom stereocenters. The maximum absolute atomic E-state index is 5.49. The van der Waals surface area contributed by atoms with E-state index in [0.717, 1.165) is 35.3 Å². The van der Waals surface area contributed by atoms with E-state index in [-0.39, 0.29) is 5.54 Å². The molecule has 1 aromatic carbocycles. The third kappa shape index (κ3) is 3.42. The summed E-state index contributed by atoms with van der Waals surface area (Å²) in [5.41, 5.74) is 1.36. The van der Waals surface area contributed by atoms with E-state index in [4.69, 9.17) is 4.74 Å². The molecule has 1 saturated heterocycles. The van der Waals surface area contributed by atoms with E-state index in [2.05, 4.69) is 53.1 Å². The number of benzene rings is 1. The smallest absolute Gasteiger partial charge is 0.142 e. The van der Waals surface area contributed by atoms with Crippen molar-refractivity contribution in [1.82, 2.24) is 5.32 Å². The zero-order valence-corrected chi connectivity index (χ0v) is 13.8. The molecular weight excluding hydrogens is 304 g/mol. The summed E-state index contributed by atoms with van der Waals surface area (Å²) in [6.45, 7) is 5.61. The third-order valence-corrected chi connectivity index (χ3v) is 4.39. The molecule has 0 saturated carbocycles. The van der Waals surface area contributed by atoms with Gasteiger partial charge in [0.15, 0.2) is 0 Å². The summed E-state index contributed by atoms with van der Waals surface area (Å²) in [7, 11) is 3.89. The Morgan fingerprint density at radius 1 is 1.42 bits per heavy atom. The maximum atomic E-state index is 5.49. The maximum Gasteiger partial charge on any atom is 0.142 e. The predicted molar refractivity (Wildman–Crippen MR) is 84.2 cm³/mol. The van der Waals surface area contributed by atoms with E-state index in [1.165, 1.54) is 0 Å². The highest BCUT2D eigenvalue weighted by Crippen LogP contribution is 2.34. The molecule has 0 aromatic heterocycles. The molecular formula is C15H23BrN2O. The standard InChI is InChI=1S/C15H23BrN2O/c1-15(2)10-12(7-8-17-15)18(3)13-9-11(16)5-6-14(13)19-4/h5-6,9,12,17H,7-8,10H2,1-4H3. The van der Waals surface area contributed by atoms with Gasteiger partial charge in [-0.05, 0) is 51.4 Å². The number of methoxy groups -OCH3 is 1. The molecule has 1 aromatic rings. The lowest BCUT2D eigenvalue weighted by molar-refractivity contribution is 0.271. The number of piperidine rings is 1. The fourth-order valence-corrected chi connectivity index (χ4v) is 3.16. The summed E-state index contributed by atoms with van der Waals surface area (Å²) in [6.07, 6.45) is 2.30. The minimum absolute atomic E-state index is 0.205. The number of nitrogens with one attached hydrogen (secondary N) is 1. The van der Waals surface area contributed by atoms with Gasteiger partial charge in [-0.15, -0.1) is 0 Å². The number of nitrogens with zero attached hydrogens (tertiary/aromatic N) is 1. The Kier molecular flexibility index (Phi) is 4.41. The Hall–Kier alpha value is -0.740. The molecule has 106 valence electrons. The molecule has 1 N–H and O–H groups in total. The summed E-state index contributed by atoms with van der Waals surface area (Å²) in [6, 6.07) is 6.71. The summed E-state index contributed by atoms with van der Waals surface area (Å²) in [5.74, 6) is 0.932. The molecule has 0 spiro atoms. The summed E-state index contributed by atoms with van der Waals surface area (Å²) in [4.78, 5) is 2.35. The van der Waals surface area contributed by atoms with Crippen LogP contribution in [0, 0.1) is 0 Å². The minimum atomic E-state index is 0.205. The van der Waals surface area contributed by atoms with Gasteiger partial charge in [-0.2, -0.15) is 0 Å². The fourth-order valence-electron chi connectivity index (χ4n) is 2.81. The Morgan fingerprint density at radius 2 is 2.16 bits per heavy atom. The second-order valence-electron chi connectivity index (χ2n) is 5.88. The van der Waals surface area contributed by atoms with Gasteiger partial charge in [-0.3, -0.25) is 0 Å². The van der Waals surface area contributed by atoms with Crippen molar-refractivity contribution in [3.8, 4) is 5.75 Å². The van der Waals surface area contributed by atoms with Crippen LogP contribution in [-0.4, -0.2) is 32.3 Å². The molecule has 1 fully saturated rings. The molecule has 19 heavy (non-hydrogen) atoms. The van der Waals surface area contributed by atoms with Gasteiger partial charge < -0.3 is 15.0 Å². The number of anilines is 1. The van der Waals surface area contributed by atoms with E-state index in [1.807, 2.05) is 12.1 Å². The van der Waals surface area contributed by atoms with Crippen LogP contribution in [0.1, 0.15) is 26.7 Å². The average molecular weight is 327 g/mol. The first-order valence-electron chi connectivity index (χ1n) is 6.74. The Morgan fingerprint density at radius 3 is 2.79 bits per heavy atom. The highest BCUT2D eigenvalue weighted by atomic mass is 79.9. The van der Waals surface area contributed by atoms with Gasteiger partial charge in [-0.1, -0.05) is 15.9 Å². The van der Waals surface area contributed by atoms with Crippen LogP contribution in [0.3, 0.4) is 0 Å². The lowest BCUT2D eigenvalue weighted by atomic mass is 9.88. The van der Waals surface area contributed by atoms with Crippen molar-refractivity contribution in [2.75, 3.05) is 25.6 Å². The number of hydrogen-bond donors (Lipinski definition) is 1. The quantitative estimate of drug-likeness (QED) is 0.921. The molecule has 4 heteroatoms. The average Bonchev–Trinajstić information content (AvgIpc) is 2.36. The SMILES string of the molecule is COc1ccc(Br)cc1N(C)C1CCNC(C)(C)C1. The van der Waals surface area contributed by atoms with E-state index in [0.29, 0.717) is 6.04 Å². The van der Waals surface area contributed by atoms with Crippen molar-refractivity contribution < 1.29 is 4.74 Å². The Labute approximate surface area is 124 Å². The van der Waals surface area contributed by atoms with Crippen molar-refractivity contribution in [1.29, 1.82) is 0 Å². The zero-order valence-electron chi connectivity index (χ0n) is 12.2. The molecule has 3 nitrogen and oxygen atoms in total. The Balaban J connectivity index is 2.23. The molecule has 1 atom stereocenters. The van der Waals surface area contributed by atoms with Crippen molar-refractivity contribution in [3.05, 3.63) is 22.7 Å². The van der Waals surface area contributed by atoms with Crippen LogP contribution >= 0.6 is 15.9 Å². The van der Waals surface area contributed by atoms with E-state index >= 15 is 0 Å². The van der Waals surface area contributed by atoms with Crippen molar-refractivity contribution in [2.45, 2.75) is 38.3 Å². The number of ether oxygens (including phenoxy) is 1. The molecule has 0 aliphatic carbocycles. The van der Waals surface area contributed by atoms with Crippen LogP contribution in [0.25, 0.3) is 0 Å². The van der Waals surface area contributed by atoms with Gasteiger partial charge in [-0.25, -0.2) is 0 Å². The van der Waals surface area contributed by atoms with Gasteiger partial charge >= 0.3 is 0 Å². The van der Waals surface area contributed by atoms with Crippen molar-refractivity contribution in [3.63, 3.8) is 0 Å². The highest BCUT2D eigenvalue weighted by molar-refractivity contribution is 9.10.